The van der Waals surface area contributed by atoms with Gasteiger partial charge in [-0.1, -0.05) is 24.3 Å². The summed E-state index contributed by atoms with van der Waals surface area (Å²) in [7, 11) is 1.85. The van der Waals surface area contributed by atoms with Crippen molar-refractivity contribution in [1.29, 1.82) is 0 Å². The summed E-state index contributed by atoms with van der Waals surface area (Å²) in [6.45, 7) is 6.40. The van der Waals surface area contributed by atoms with Crippen molar-refractivity contribution in [3.05, 3.63) is 35.4 Å². The molecule has 1 aromatic rings. The van der Waals surface area contributed by atoms with Gasteiger partial charge in [-0.15, -0.1) is 0 Å². The molecule has 2 unspecified atom stereocenters. The van der Waals surface area contributed by atoms with Crippen molar-refractivity contribution >= 4 is 5.96 Å². The lowest BCUT2D eigenvalue weighted by molar-refractivity contribution is -0.0816. The van der Waals surface area contributed by atoms with Gasteiger partial charge in [0, 0.05) is 33.3 Å². The molecule has 1 aromatic carbocycles. The number of rotatable bonds is 4. The van der Waals surface area contributed by atoms with Crippen LogP contribution in [0.25, 0.3) is 0 Å². The van der Waals surface area contributed by atoms with Gasteiger partial charge in [-0.3, -0.25) is 4.99 Å². The number of nitrogens with zero attached hydrogens (tertiary/aromatic N) is 2. The van der Waals surface area contributed by atoms with Crippen LogP contribution in [0.1, 0.15) is 24.0 Å². The van der Waals surface area contributed by atoms with Crippen LogP contribution in [0, 0.1) is 6.92 Å². The van der Waals surface area contributed by atoms with Crippen LogP contribution in [0.2, 0.25) is 0 Å². The van der Waals surface area contributed by atoms with E-state index in [9.17, 15) is 0 Å². The summed E-state index contributed by atoms with van der Waals surface area (Å²) in [5.74, 6) is 0.967. The smallest absolute Gasteiger partial charge is 0.193 e. The van der Waals surface area contributed by atoms with Gasteiger partial charge in [-0.05, 0) is 37.3 Å². The van der Waals surface area contributed by atoms with Crippen molar-refractivity contribution < 1.29 is 9.47 Å². The standard InChI is InChI=1S/C19H29N3O2/c1-15-6-3-4-7-16(15)9-10-21-19(20-2)22-11-13-24-18(14-22)17-8-5-12-23-17/h3-4,6-7,17-18H,5,8-14H2,1-2H3,(H,20,21). The number of guanidine groups is 1. The van der Waals surface area contributed by atoms with E-state index in [0.29, 0.717) is 0 Å². The van der Waals surface area contributed by atoms with Crippen molar-refractivity contribution in [3.63, 3.8) is 0 Å². The molecule has 0 amide bonds. The van der Waals surface area contributed by atoms with Crippen LogP contribution < -0.4 is 5.32 Å². The second kappa shape index (κ2) is 8.49. The number of nitrogens with one attached hydrogen (secondary N) is 1. The fourth-order valence-corrected chi connectivity index (χ4v) is 3.52. The highest BCUT2D eigenvalue weighted by Gasteiger charge is 2.32. The van der Waals surface area contributed by atoms with Crippen molar-refractivity contribution in [2.24, 2.45) is 4.99 Å². The minimum atomic E-state index is 0.163. The zero-order valence-electron chi connectivity index (χ0n) is 14.8. The normalized spacial score (nSPS) is 25.1. The number of hydrogen-bond donors (Lipinski definition) is 1. The molecular weight excluding hydrogens is 302 g/mol. The van der Waals surface area contributed by atoms with E-state index in [1.807, 2.05) is 7.05 Å². The number of aryl methyl sites for hydroxylation is 1. The summed E-state index contributed by atoms with van der Waals surface area (Å²) >= 11 is 0. The predicted octanol–water partition coefficient (Wildman–Crippen LogP) is 1.99. The third-order valence-electron chi connectivity index (χ3n) is 4.92. The Balaban J connectivity index is 1.51. The molecule has 2 aliphatic rings. The van der Waals surface area contributed by atoms with Crippen molar-refractivity contribution in [1.82, 2.24) is 10.2 Å². The molecule has 2 atom stereocenters. The molecule has 24 heavy (non-hydrogen) atoms. The number of benzene rings is 1. The molecule has 2 fully saturated rings. The first-order valence-corrected chi connectivity index (χ1v) is 9.01. The molecule has 0 saturated carbocycles. The van der Waals surface area contributed by atoms with Crippen molar-refractivity contribution in [2.45, 2.75) is 38.4 Å². The van der Waals surface area contributed by atoms with E-state index in [1.54, 1.807) is 0 Å². The fourth-order valence-electron chi connectivity index (χ4n) is 3.52. The minimum absolute atomic E-state index is 0.163. The van der Waals surface area contributed by atoms with Crippen LogP contribution in [0.4, 0.5) is 0 Å². The zero-order valence-corrected chi connectivity index (χ0v) is 14.8. The van der Waals surface area contributed by atoms with Gasteiger partial charge in [0.1, 0.15) is 6.10 Å². The molecule has 2 heterocycles. The molecular formula is C19H29N3O2. The SMILES string of the molecule is CN=C(NCCc1ccccc1C)N1CCOC(C2CCCO2)C1. The Morgan fingerprint density at radius 2 is 2.08 bits per heavy atom. The minimum Gasteiger partial charge on any atom is -0.375 e. The maximum Gasteiger partial charge on any atom is 0.193 e. The lowest BCUT2D eigenvalue weighted by Crippen LogP contribution is -2.53. The first-order valence-electron chi connectivity index (χ1n) is 9.01. The Bertz CT molecular complexity index is 555. The third-order valence-corrected chi connectivity index (χ3v) is 4.92. The van der Waals surface area contributed by atoms with Gasteiger partial charge in [0.2, 0.25) is 0 Å². The average molecular weight is 331 g/mol. The van der Waals surface area contributed by atoms with Crippen molar-refractivity contribution in [3.8, 4) is 0 Å². The third kappa shape index (κ3) is 4.28. The van der Waals surface area contributed by atoms with E-state index in [1.165, 1.54) is 11.1 Å². The van der Waals surface area contributed by atoms with E-state index >= 15 is 0 Å². The lowest BCUT2D eigenvalue weighted by Gasteiger charge is -2.37. The van der Waals surface area contributed by atoms with Crippen molar-refractivity contribution in [2.75, 3.05) is 39.9 Å². The second-order valence-electron chi connectivity index (χ2n) is 6.56. The Hall–Kier alpha value is -1.59. The lowest BCUT2D eigenvalue weighted by atomic mass is 10.1. The van der Waals surface area contributed by atoms with E-state index in [-0.39, 0.29) is 12.2 Å². The monoisotopic (exact) mass is 331 g/mol. The molecule has 5 nitrogen and oxygen atoms in total. The van der Waals surface area contributed by atoms with Crippen LogP contribution in [0.15, 0.2) is 29.3 Å². The number of hydrogen-bond acceptors (Lipinski definition) is 3. The van der Waals surface area contributed by atoms with E-state index in [0.717, 1.165) is 58.1 Å². The highest BCUT2D eigenvalue weighted by molar-refractivity contribution is 5.80. The molecule has 1 N–H and O–H groups in total. The summed E-state index contributed by atoms with van der Waals surface area (Å²) in [4.78, 5) is 6.76. The highest BCUT2D eigenvalue weighted by Crippen LogP contribution is 2.21. The van der Waals surface area contributed by atoms with E-state index in [4.69, 9.17) is 9.47 Å². The topological polar surface area (TPSA) is 46.1 Å². The molecule has 0 aliphatic carbocycles. The van der Waals surface area contributed by atoms with Gasteiger partial charge in [-0.25, -0.2) is 0 Å². The van der Waals surface area contributed by atoms with E-state index in [2.05, 4.69) is 46.4 Å². The first-order chi connectivity index (χ1) is 11.8. The van der Waals surface area contributed by atoms with Gasteiger partial charge in [0.25, 0.3) is 0 Å². The molecule has 5 heteroatoms. The highest BCUT2D eigenvalue weighted by atomic mass is 16.5. The quantitative estimate of drug-likeness (QED) is 0.677. The number of ether oxygens (including phenoxy) is 2. The number of aliphatic imine (C=N–C) groups is 1. The van der Waals surface area contributed by atoms with Gasteiger partial charge in [0.15, 0.2) is 5.96 Å². The van der Waals surface area contributed by atoms with Gasteiger partial charge in [0.05, 0.1) is 12.7 Å². The molecule has 132 valence electrons. The van der Waals surface area contributed by atoms with Gasteiger partial charge >= 0.3 is 0 Å². The summed E-state index contributed by atoms with van der Waals surface area (Å²) in [5.41, 5.74) is 2.73. The maximum absolute atomic E-state index is 5.93. The van der Waals surface area contributed by atoms with Gasteiger partial charge in [-0.2, -0.15) is 0 Å². The average Bonchev–Trinajstić information content (AvgIpc) is 3.15. The van der Waals surface area contributed by atoms with Crippen LogP contribution in [-0.4, -0.2) is 63.0 Å². The molecule has 0 radical (unpaired) electrons. The summed E-state index contributed by atoms with van der Waals surface area (Å²) in [6, 6.07) is 8.55. The zero-order chi connectivity index (χ0) is 16.8. The van der Waals surface area contributed by atoms with Crippen LogP contribution in [-0.2, 0) is 15.9 Å². The second-order valence-corrected chi connectivity index (χ2v) is 6.56. The summed E-state index contributed by atoms with van der Waals surface area (Å²) in [5, 5.41) is 3.51. The van der Waals surface area contributed by atoms with Gasteiger partial charge < -0.3 is 19.7 Å². The van der Waals surface area contributed by atoms with Crippen LogP contribution in [0.5, 0.6) is 0 Å². The predicted molar refractivity (Wildman–Crippen MR) is 96.5 cm³/mol. The first kappa shape index (κ1) is 17.2. The van der Waals surface area contributed by atoms with Crippen LogP contribution in [0.3, 0.4) is 0 Å². The molecule has 0 aromatic heterocycles. The Labute approximate surface area is 145 Å². The van der Waals surface area contributed by atoms with E-state index < -0.39 is 0 Å². The largest absolute Gasteiger partial charge is 0.375 e. The molecule has 3 rings (SSSR count). The molecule has 0 bridgehead atoms. The summed E-state index contributed by atoms with van der Waals surface area (Å²) < 4.78 is 11.7. The number of morpholine rings is 1. The Morgan fingerprint density at radius 1 is 1.25 bits per heavy atom. The molecule has 0 spiro atoms. The van der Waals surface area contributed by atoms with Crippen LogP contribution >= 0.6 is 0 Å². The summed E-state index contributed by atoms with van der Waals surface area (Å²) in [6.07, 6.45) is 3.67. The fraction of sp³-hybridized carbons (Fsp3) is 0.632. The maximum atomic E-state index is 5.93. The Kier molecular flexibility index (Phi) is 6.10. The Morgan fingerprint density at radius 3 is 2.83 bits per heavy atom. The molecule has 2 saturated heterocycles. The molecule has 2 aliphatic heterocycles.